The lowest BCUT2D eigenvalue weighted by molar-refractivity contribution is -0.137. The molecule has 0 aliphatic rings. The number of carbonyl (C=O) groups is 2. The monoisotopic (exact) mass is 565 g/mol. The Morgan fingerprint density at radius 1 is 1.03 bits per heavy atom. The summed E-state index contributed by atoms with van der Waals surface area (Å²) < 4.78 is 39.3. The lowest BCUT2D eigenvalue weighted by Crippen LogP contribution is -2.26. The van der Waals surface area contributed by atoms with Gasteiger partial charge in [0.2, 0.25) is 0 Å². The maximum atomic E-state index is 13.1. The van der Waals surface area contributed by atoms with Crippen LogP contribution in [0.4, 0.5) is 18.9 Å². The number of nitrogens with one attached hydrogen (secondary N) is 3. The summed E-state index contributed by atoms with van der Waals surface area (Å²) in [7, 11) is 0. The van der Waals surface area contributed by atoms with Crippen LogP contribution in [0.1, 0.15) is 46.8 Å². The number of benzene rings is 3. The Morgan fingerprint density at radius 3 is 2.34 bits per heavy atom. The van der Waals surface area contributed by atoms with Crippen LogP contribution in [0.25, 0.3) is 11.1 Å². The molecule has 1 unspecified atom stereocenters. The van der Waals surface area contributed by atoms with Crippen molar-refractivity contribution in [1.29, 1.82) is 5.41 Å². The zero-order valence-electron chi connectivity index (χ0n) is 19.9. The summed E-state index contributed by atoms with van der Waals surface area (Å²) in [6.07, 6.45) is -4.83. The molecule has 6 nitrogen and oxygen atoms in total. The van der Waals surface area contributed by atoms with E-state index in [2.05, 4.69) is 10.6 Å². The molecular weight excluding hydrogens is 542 g/mol. The van der Waals surface area contributed by atoms with Gasteiger partial charge in [0, 0.05) is 51.6 Å². The highest BCUT2D eigenvalue weighted by atomic mass is 35.5. The highest BCUT2D eigenvalue weighted by Gasteiger charge is 2.29. The van der Waals surface area contributed by atoms with Gasteiger partial charge in [0.05, 0.1) is 12.5 Å². The number of carboxylic acids is 1. The van der Waals surface area contributed by atoms with E-state index in [1.807, 2.05) is 0 Å². The van der Waals surface area contributed by atoms with Crippen LogP contribution in [0.5, 0.6) is 0 Å². The van der Waals surface area contributed by atoms with Gasteiger partial charge in [0.25, 0.3) is 5.91 Å². The first kappa shape index (κ1) is 29.0. The highest BCUT2D eigenvalue weighted by Crippen LogP contribution is 2.35. The van der Waals surface area contributed by atoms with E-state index in [4.69, 9.17) is 33.7 Å². The largest absolute Gasteiger partial charge is 0.481 e. The molecule has 3 aromatic rings. The van der Waals surface area contributed by atoms with Crippen LogP contribution in [0.15, 0.2) is 60.7 Å². The molecule has 3 rings (SSSR count). The standard InChI is InChI=1S/C27H24Cl2F3N3O3/c28-20-6-7-21(22(29)14-20)18-5-8-23(19(13-18)15-33)35-24(9-11-27(30,31)32)16-1-3-17(4-2-16)26(38)34-12-10-25(36)37/h1-8,13-15,24,33,35H,9-12H2,(H,34,38)(H,36,37). The zero-order chi connectivity index (χ0) is 27.9. The van der Waals surface area contributed by atoms with Gasteiger partial charge in [-0.25, -0.2) is 0 Å². The van der Waals surface area contributed by atoms with E-state index in [0.717, 1.165) is 6.21 Å². The third kappa shape index (κ3) is 8.22. The van der Waals surface area contributed by atoms with E-state index < -0.39 is 30.5 Å². The molecule has 0 aliphatic carbocycles. The van der Waals surface area contributed by atoms with E-state index in [-0.39, 0.29) is 24.9 Å². The highest BCUT2D eigenvalue weighted by molar-refractivity contribution is 6.36. The molecule has 0 aromatic heterocycles. The van der Waals surface area contributed by atoms with Gasteiger partial charge in [-0.15, -0.1) is 0 Å². The number of anilines is 1. The number of alkyl halides is 3. The number of hydrogen-bond acceptors (Lipinski definition) is 4. The van der Waals surface area contributed by atoms with Gasteiger partial charge in [-0.1, -0.05) is 47.5 Å². The van der Waals surface area contributed by atoms with Crippen molar-refractivity contribution in [3.05, 3.63) is 87.4 Å². The minimum Gasteiger partial charge on any atom is -0.481 e. The Hall–Kier alpha value is -3.56. The first-order chi connectivity index (χ1) is 18.0. The Morgan fingerprint density at radius 2 is 1.74 bits per heavy atom. The first-order valence-corrected chi connectivity index (χ1v) is 12.3. The average molecular weight is 566 g/mol. The number of carbonyl (C=O) groups excluding carboxylic acids is 1. The van der Waals surface area contributed by atoms with E-state index in [9.17, 15) is 22.8 Å². The summed E-state index contributed by atoms with van der Waals surface area (Å²) in [6.45, 7) is -0.0463. The van der Waals surface area contributed by atoms with Crippen molar-refractivity contribution in [1.82, 2.24) is 5.32 Å². The summed E-state index contributed by atoms with van der Waals surface area (Å²) in [5, 5.41) is 23.0. The van der Waals surface area contributed by atoms with Gasteiger partial charge >= 0.3 is 12.1 Å². The van der Waals surface area contributed by atoms with E-state index >= 15 is 0 Å². The van der Waals surface area contributed by atoms with Crippen LogP contribution in [-0.4, -0.2) is 35.9 Å². The van der Waals surface area contributed by atoms with Gasteiger partial charge in [-0.05, 0) is 53.9 Å². The molecule has 11 heteroatoms. The molecule has 1 amide bonds. The number of hydrogen-bond donors (Lipinski definition) is 4. The second-order valence-electron chi connectivity index (χ2n) is 8.44. The Balaban J connectivity index is 1.85. The molecular formula is C27H24Cl2F3N3O3. The fourth-order valence-corrected chi connectivity index (χ4v) is 4.29. The summed E-state index contributed by atoms with van der Waals surface area (Å²) in [4.78, 5) is 22.8. The van der Waals surface area contributed by atoms with Crippen molar-refractivity contribution in [2.75, 3.05) is 11.9 Å². The zero-order valence-corrected chi connectivity index (χ0v) is 21.4. The lowest BCUT2D eigenvalue weighted by Gasteiger charge is -2.23. The first-order valence-electron chi connectivity index (χ1n) is 11.5. The van der Waals surface area contributed by atoms with Crippen molar-refractivity contribution in [2.24, 2.45) is 0 Å². The molecule has 200 valence electrons. The van der Waals surface area contributed by atoms with Crippen LogP contribution >= 0.6 is 23.2 Å². The minimum absolute atomic E-state index is 0.0463. The van der Waals surface area contributed by atoms with Crippen LogP contribution in [0.2, 0.25) is 10.0 Å². The van der Waals surface area contributed by atoms with Crippen molar-refractivity contribution < 1.29 is 27.9 Å². The van der Waals surface area contributed by atoms with Gasteiger partial charge in [-0.3, -0.25) is 9.59 Å². The molecule has 0 radical (unpaired) electrons. The maximum Gasteiger partial charge on any atom is 0.389 e. The Labute approximate surface area is 227 Å². The fourth-order valence-electron chi connectivity index (χ4n) is 3.77. The summed E-state index contributed by atoms with van der Waals surface area (Å²) in [5.74, 6) is -1.53. The quantitative estimate of drug-likeness (QED) is 0.182. The molecule has 1 atom stereocenters. The molecule has 4 N–H and O–H groups in total. The smallest absolute Gasteiger partial charge is 0.389 e. The van der Waals surface area contributed by atoms with Crippen molar-refractivity contribution in [3.63, 3.8) is 0 Å². The SMILES string of the molecule is N=Cc1cc(-c2ccc(Cl)cc2Cl)ccc1NC(CCC(F)(F)F)c1ccc(C(=O)NCCC(=O)O)cc1. The molecule has 0 aliphatic heterocycles. The van der Waals surface area contributed by atoms with Crippen LogP contribution in [0, 0.1) is 5.41 Å². The van der Waals surface area contributed by atoms with E-state index in [1.54, 1.807) is 48.5 Å². The molecule has 0 fully saturated rings. The second kappa shape index (κ2) is 12.8. The predicted molar refractivity (Wildman–Crippen MR) is 142 cm³/mol. The summed E-state index contributed by atoms with van der Waals surface area (Å²) in [6, 6.07) is 15.4. The van der Waals surface area contributed by atoms with Gasteiger partial charge in [0.15, 0.2) is 0 Å². The number of aliphatic carboxylic acids is 1. The lowest BCUT2D eigenvalue weighted by atomic mass is 9.98. The Bertz CT molecular complexity index is 1320. The summed E-state index contributed by atoms with van der Waals surface area (Å²) >= 11 is 12.3. The van der Waals surface area contributed by atoms with E-state index in [0.29, 0.717) is 38.0 Å². The third-order valence-electron chi connectivity index (χ3n) is 5.70. The second-order valence-corrected chi connectivity index (χ2v) is 9.29. The molecule has 0 heterocycles. The van der Waals surface area contributed by atoms with Crippen LogP contribution < -0.4 is 10.6 Å². The number of rotatable bonds is 11. The summed E-state index contributed by atoms with van der Waals surface area (Å²) in [5.41, 5.74) is 3.06. The molecule has 3 aromatic carbocycles. The minimum atomic E-state index is -4.37. The third-order valence-corrected chi connectivity index (χ3v) is 6.24. The van der Waals surface area contributed by atoms with Gasteiger partial charge in [0.1, 0.15) is 0 Å². The van der Waals surface area contributed by atoms with Crippen molar-refractivity contribution >= 4 is 47.0 Å². The molecule has 38 heavy (non-hydrogen) atoms. The predicted octanol–water partition coefficient (Wildman–Crippen LogP) is 7.36. The van der Waals surface area contributed by atoms with Crippen LogP contribution in [0.3, 0.4) is 0 Å². The fraction of sp³-hybridized carbons (Fsp3) is 0.222. The van der Waals surface area contributed by atoms with Crippen LogP contribution in [-0.2, 0) is 4.79 Å². The van der Waals surface area contributed by atoms with Gasteiger partial charge in [-0.2, -0.15) is 13.2 Å². The maximum absolute atomic E-state index is 13.1. The number of halogens is 5. The molecule has 0 saturated heterocycles. The molecule has 0 saturated carbocycles. The van der Waals surface area contributed by atoms with E-state index in [1.165, 1.54) is 12.1 Å². The average Bonchev–Trinajstić information content (AvgIpc) is 2.86. The van der Waals surface area contributed by atoms with Gasteiger partial charge < -0.3 is 21.1 Å². The normalized spacial score (nSPS) is 12.0. The topological polar surface area (TPSA) is 102 Å². The molecule has 0 bridgehead atoms. The number of amides is 1. The van der Waals surface area contributed by atoms with Crippen molar-refractivity contribution in [3.8, 4) is 11.1 Å². The molecule has 0 spiro atoms. The number of carboxylic acid groups (broad SMARTS) is 1. The Kier molecular flexibility index (Phi) is 9.77. The van der Waals surface area contributed by atoms with Crippen molar-refractivity contribution in [2.45, 2.75) is 31.5 Å².